The van der Waals surface area contributed by atoms with Crippen LogP contribution >= 0.6 is 0 Å². The SMILES string of the molecule is CCOC(=O)[C@H]1[C@H]2C(=O)N(CCCCCCO)[C@H](C(=O)Nc3ccc(OC)cc3)[C@H]2C=C[C@H]1CC. The molecule has 1 aromatic rings. The molecule has 192 valence electrons. The van der Waals surface area contributed by atoms with Gasteiger partial charge in [-0.2, -0.15) is 0 Å². The van der Waals surface area contributed by atoms with Crippen molar-refractivity contribution in [3.63, 3.8) is 0 Å². The number of rotatable bonds is 12. The van der Waals surface area contributed by atoms with E-state index in [9.17, 15) is 14.4 Å². The lowest BCUT2D eigenvalue weighted by atomic mass is 9.69. The Balaban J connectivity index is 1.88. The van der Waals surface area contributed by atoms with Crippen LogP contribution in [-0.2, 0) is 19.1 Å². The third-order valence-corrected chi connectivity index (χ3v) is 7.08. The standard InChI is InChI=1S/C27H38N2O6/c1-4-18-10-15-21-23(22(18)27(33)35-5-2)26(32)29(16-8-6-7-9-17-30)24(21)25(31)28-19-11-13-20(34-3)14-12-19/h10-15,18,21-24,30H,4-9,16-17H2,1-3H3,(H,28,31)/t18-,21+,22-,23+,24+/m1/s1. The molecule has 35 heavy (non-hydrogen) atoms. The minimum absolute atomic E-state index is 0.103. The number of hydrogen-bond donors (Lipinski definition) is 2. The maximum Gasteiger partial charge on any atom is 0.310 e. The second kappa shape index (κ2) is 12.7. The number of aliphatic hydroxyl groups excluding tert-OH is 1. The molecule has 3 rings (SSSR count). The van der Waals surface area contributed by atoms with Crippen LogP contribution in [0, 0.1) is 23.7 Å². The number of amides is 2. The van der Waals surface area contributed by atoms with Gasteiger partial charge in [-0.05, 0) is 56.4 Å². The zero-order valence-electron chi connectivity index (χ0n) is 20.9. The number of carbonyl (C=O) groups is 3. The molecule has 0 aromatic heterocycles. The largest absolute Gasteiger partial charge is 0.497 e. The van der Waals surface area contributed by atoms with Crippen molar-refractivity contribution in [2.75, 3.05) is 32.2 Å². The predicted molar refractivity (Wildman–Crippen MR) is 133 cm³/mol. The number of methoxy groups -OCH3 is 1. The molecular weight excluding hydrogens is 448 g/mol. The number of esters is 1. The first-order valence-electron chi connectivity index (χ1n) is 12.7. The van der Waals surface area contributed by atoms with Gasteiger partial charge in [0.1, 0.15) is 11.8 Å². The molecule has 1 saturated heterocycles. The van der Waals surface area contributed by atoms with Gasteiger partial charge >= 0.3 is 5.97 Å². The summed E-state index contributed by atoms with van der Waals surface area (Å²) in [6.07, 6.45) is 7.79. The van der Waals surface area contributed by atoms with E-state index >= 15 is 0 Å². The molecule has 0 bridgehead atoms. The second-order valence-electron chi connectivity index (χ2n) is 9.17. The van der Waals surface area contributed by atoms with Crippen LogP contribution in [0.25, 0.3) is 0 Å². The molecule has 0 unspecified atom stereocenters. The van der Waals surface area contributed by atoms with E-state index in [2.05, 4.69) is 5.32 Å². The molecule has 0 spiro atoms. The van der Waals surface area contributed by atoms with Crippen LogP contribution in [0.2, 0.25) is 0 Å². The lowest BCUT2D eigenvalue weighted by molar-refractivity contribution is -0.155. The van der Waals surface area contributed by atoms with Crippen molar-refractivity contribution < 1.29 is 29.0 Å². The van der Waals surface area contributed by atoms with E-state index in [1.807, 2.05) is 19.1 Å². The van der Waals surface area contributed by atoms with Crippen molar-refractivity contribution in [3.05, 3.63) is 36.4 Å². The average molecular weight is 487 g/mol. The van der Waals surface area contributed by atoms with Crippen LogP contribution in [0.3, 0.4) is 0 Å². The number of carbonyl (C=O) groups excluding carboxylic acids is 3. The summed E-state index contributed by atoms with van der Waals surface area (Å²) in [5, 5.41) is 12.0. The summed E-state index contributed by atoms with van der Waals surface area (Å²) in [6, 6.07) is 6.34. The Morgan fingerprint density at radius 2 is 1.77 bits per heavy atom. The molecule has 2 amide bonds. The summed E-state index contributed by atoms with van der Waals surface area (Å²) in [5.74, 6) is -1.84. The molecule has 8 heteroatoms. The number of hydrogen-bond acceptors (Lipinski definition) is 6. The Morgan fingerprint density at radius 1 is 1.06 bits per heavy atom. The van der Waals surface area contributed by atoms with Gasteiger partial charge < -0.3 is 24.8 Å². The number of benzene rings is 1. The molecule has 0 radical (unpaired) electrons. The van der Waals surface area contributed by atoms with E-state index in [1.165, 1.54) is 0 Å². The number of unbranched alkanes of at least 4 members (excludes halogenated alkanes) is 3. The highest BCUT2D eigenvalue weighted by Gasteiger charge is 2.57. The monoisotopic (exact) mass is 486 g/mol. The third kappa shape index (κ3) is 6.04. The maximum absolute atomic E-state index is 13.7. The Labute approximate surface area is 207 Å². The predicted octanol–water partition coefficient (Wildman–Crippen LogP) is 3.40. The highest BCUT2D eigenvalue weighted by molar-refractivity contribution is 6.01. The number of ether oxygens (including phenoxy) is 2. The van der Waals surface area contributed by atoms with Gasteiger partial charge in [0.05, 0.1) is 25.6 Å². The van der Waals surface area contributed by atoms with Crippen LogP contribution < -0.4 is 10.1 Å². The van der Waals surface area contributed by atoms with Crippen molar-refractivity contribution in [3.8, 4) is 5.75 Å². The minimum Gasteiger partial charge on any atom is -0.497 e. The summed E-state index contributed by atoms with van der Waals surface area (Å²) >= 11 is 0. The first kappa shape index (κ1) is 26.7. The Bertz CT molecular complexity index is 899. The molecule has 1 aromatic carbocycles. The van der Waals surface area contributed by atoms with Gasteiger partial charge in [-0.1, -0.05) is 31.9 Å². The number of nitrogens with zero attached hydrogens (tertiary/aromatic N) is 1. The van der Waals surface area contributed by atoms with Gasteiger partial charge in [-0.25, -0.2) is 0 Å². The first-order valence-corrected chi connectivity index (χ1v) is 12.7. The Hall–Kier alpha value is -2.87. The maximum atomic E-state index is 13.7. The summed E-state index contributed by atoms with van der Waals surface area (Å²) in [5.41, 5.74) is 0.614. The third-order valence-electron chi connectivity index (χ3n) is 7.08. The van der Waals surface area contributed by atoms with Crippen molar-refractivity contribution in [2.24, 2.45) is 23.7 Å². The highest BCUT2D eigenvalue weighted by Crippen LogP contribution is 2.45. The zero-order chi connectivity index (χ0) is 25.4. The van der Waals surface area contributed by atoms with Crippen molar-refractivity contribution >= 4 is 23.5 Å². The zero-order valence-corrected chi connectivity index (χ0v) is 20.9. The number of fused-ring (bicyclic) bond motifs is 1. The number of nitrogens with one attached hydrogen (secondary N) is 1. The van der Waals surface area contributed by atoms with E-state index in [-0.39, 0.29) is 36.9 Å². The summed E-state index contributed by atoms with van der Waals surface area (Å²) in [6.45, 7) is 4.57. The van der Waals surface area contributed by atoms with E-state index in [1.54, 1.807) is 43.2 Å². The van der Waals surface area contributed by atoms with Gasteiger partial charge in [-0.15, -0.1) is 0 Å². The number of likely N-dealkylation sites (tertiary alicyclic amines) is 1. The van der Waals surface area contributed by atoms with E-state index < -0.39 is 23.8 Å². The fourth-order valence-corrected chi connectivity index (χ4v) is 5.33. The van der Waals surface area contributed by atoms with Crippen molar-refractivity contribution in [2.45, 2.75) is 52.0 Å². The lowest BCUT2D eigenvalue weighted by Gasteiger charge is -2.33. The van der Waals surface area contributed by atoms with Crippen LogP contribution in [-0.4, -0.2) is 60.7 Å². The van der Waals surface area contributed by atoms with Crippen LogP contribution in [0.15, 0.2) is 36.4 Å². The number of allylic oxidation sites excluding steroid dienone is 1. The van der Waals surface area contributed by atoms with Crippen LogP contribution in [0.5, 0.6) is 5.75 Å². The average Bonchev–Trinajstić information content (AvgIpc) is 3.15. The Kier molecular flexibility index (Phi) is 9.72. The van der Waals surface area contributed by atoms with Gasteiger partial charge in [0.2, 0.25) is 11.8 Å². The topological polar surface area (TPSA) is 105 Å². The quantitative estimate of drug-likeness (QED) is 0.267. The number of aliphatic hydroxyl groups is 1. The van der Waals surface area contributed by atoms with Crippen molar-refractivity contribution in [1.82, 2.24) is 4.90 Å². The molecule has 5 atom stereocenters. The number of anilines is 1. The second-order valence-corrected chi connectivity index (χ2v) is 9.17. The van der Waals surface area contributed by atoms with Crippen LogP contribution in [0.1, 0.15) is 46.0 Å². The van der Waals surface area contributed by atoms with E-state index in [4.69, 9.17) is 14.6 Å². The fraction of sp³-hybridized carbons (Fsp3) is 0.593. The molecule has 1 fully saturated rings. The Morgan fingerprint density at radius 3 is 2.40 bits per heavy atom. The van der Waals surface area contributed by atoms with Crippen molar-refractivity contribution in [1.29, 1.82) is 0 Å². The molecule has 2 aliphatic rings. The highest BCUT2D eigenvalue weighted by atomic mass is 16.5. The van der Waals surface area contributed by atoms with Crippen LogP contribution in [0.4, 0.5) is 5.69 Å². The normalized spacial score (nSPS) is 25.3. The molecule has 2 N–H and O–H groups in total. The molecule has 0 saturated carbocycles. The molecule has 1 aliphatic heterocycles. The van der Waals surface area contributed by atoms with E-state index in [0.29, 0.717) is 30.8 Å². The van der Waals surface area contributed by atoms with E-state index in [0.717, 1.165) is 19.3 Å². The molecule has 1 heterocycles. The summed E-state index contributed by atoms with van der Waals surface area (Å²) < 4.78 is 10.6. The summed E-state index contributed by atoms with van der Waals surface area (Å²) in [4.78, 5) is 41.9. The van der Waals surface area contributed by atoms with Gasteiger partial charge in [0.15, 0.2) is 0 Å². The fourth-order valence-electron chi connectivity index (χ4n) is 5.33. The summed E-state index contributed by atoms with van der Waals surface area (Å²) in [7, 11) is 1.58. The van der Waals surface area contributed by atoms with Gasteiger partial charge in [0.25, 0.3) is 0 Å². The van der Waals surface area contributed by atoms with Gasteiger partial charge in [0, 0.05) is 24.8 Å². The smallest absolute Gasteiger partial charge is 0.310 e. The van der Waals surface area contributed by atoms with Gasteiger partial charge in [-0.3, -0.25) is 14.4 Å². The lowest BCUT2D eigenvalue weighted by Crippen LogP contribution is -2.44. The molecular formula is C27H38N2O6. The molecule has 8 nitrogen and oxygen atoms in total. The minimum atomic E-state index is -0.710. The molecule has 1 aliphatic carbocycles. The first-order chi connectivity index (χ1) is 17.0.